The van der Waals surface area contributed by atoms with Gasteiger partial charge in [0.15, 0.2) is 5.96 Å². The average molecular weight is 333 g/mol. The molecule has 1 aromatic rings. The van der Waals surface area contributed by atoms with Crippen LogP contribution < -0.4 is 15.4 Å². The molecule has 134 valence electrons. The van der Waals surface area contributed by atoms with Crippen LogP contribution in [0.2, 0.25) is 0 Å². The van der Waals surface area contributed by atoms with E-state index in [2.05, 4.69) is 39.9 Å². The largest absolute Gasteiger partial charge is 0.490 e. The molecule has 0 aromatic heterocycles. The minimum absolute atomic E-state index is 0.420. The van der Waals surface area contributed by atoms with Gasteiger partial charge in [0.1, 0.15) is 5.75 Å². The Kier molecular flexibility index (Phi) is 8.46. The summed E-state index contributed by atoms with van der Waals surface area (Å²) < 4.78 is 11.3. The van der Waals surface area contributed by atoms with Gasteiger partial charge in [-0.1, -0.05) is 12.1 Å². The summed E-state index contributed by atoms with van der Waals surface area (Å²) in [5.74, 6) is 1.81. The van der Waals surface area contributed by atoms with E-state index in [9.17, 15) is 0 Å². The third-order valence-electron chi connectivity index (χ3n) is 4.20. The molecule has 2 rings (SSSR count). The predicted octanol–water partition coefficient (Wildman–Crippen LogP) is 2.75. The number of hydrogen-bond donors (Lipinski definition) is 2. The lowest BCUT2D eigenvalue weighted by Gasteiger charge is -2.14. The SMILES string of the molecule is CCOCCNC(=NC)NCCc1ccc(OC2CCCC2)cc1. The highest BCUT2D eigenvalue weighted by molar-refractivity contribution is 5.79. The molecule has 1 aliphatic rings. The summed E-state index contributed by atoms with van der Waals surface area (Å²) >= 11 is 0. The molecule has 0 radical (unpaired) electrons. The minimum atomic E-state index is 0.420. The van der Waals surface area contributed by atoms with Crippen molar-refractivity contribution in [1.29, 1.82) is 0 Å². The zero-order chi connectivity index (χ0) is 17.0. The van der Waals surface area contributed by atoms with E-state index in [0.29, 0.717) is 12.7 Å². The molecule has 5 heteroatoms. The Morgan fingerprint density at radius 1 is 1.12 bits per heavy atom. The number of hydrogen-bond acceptors (Lipinski definition) is 3. The first-order valence-electron chi connectivity index (χ1n) is 9.09. The number of nitrogens with one attached hydrogen (secondary N) is 2. The molecule has 1 saturated carbocycles. The Labute approximate surface area is 145 Å². The van der Waals surface area contributed by atoms with E-state index in [4.69, 9.17) is 9.47 Å². The van der Waals surface area contributed by atoms with E-state index in [1.165, 1.54) is 31.2 Å². The summed E-state index contributed by atoms with van der Waals surface area (Å²) in [5.41, 5.74) is 1.30. The molecular weight excluding hydrogens is 302 g/mol. The van der Waals surface area contributed by atoms with Gasteiger partial charge >= 0.3 is 0 Å². The lowest BCUT2D eigenvalue weighted by molar-refractivity contribution is 0.152. The summed E-state index contributed by atoms with van der Waals surface area (Å²) in [4.78, 5) is 4.21. The van der Waals surface area contributed by atoms with Crippen molar-refractivity contribution in [1.82, 2.24) is 10.6 Å². The first kappa shape index (κ1) is 18.6. The normalized spacial score (nSPS) is 15.5. The van der Waals surface area contributed by atoms with Crippen molar-refractivity contribution in [2.75, 3.05) is 33.4 Å². The quantitative estimate of drug-likeness (QED) is 0.414. The van der Waals surface area contributed by atoms with Crippen molar-refractivity contribution in [2.24, 2.45) is 4.99 Å². The second-order valence-electron chi connectivity index (χ2n) is 6.04. The Hall–Kier alpha value is -1.75. The number of rotatable bonds is 9. The zero-order valence-corrected chi connectivity index (χ0v) is 15.0. The number of nitrogens with zero attached hydrogens (tertiary/aromatic N) is 1. The molecule has 0 spiro atoms. The van der Waals surface area contributed by atoms with Crippen LogP contribution in [0.5, 0.6) is 5.75 Å². The number of ether oxygens (including phenoxy) is 2. The highest BCUT2D eigenvalue weighted by atomic mass is 16.5. The summed E-state index contributed by atoms with van der Waals surface area (Å²) in [6, 6.07) is 8.47. The van der Waals surface area contributed by atoms with Crippen LogP contribution in [0.3, 0.4) is 0 Å². The third kappa shape index (κ3) is 6.79. The van der Waals surface area contributed by atoms with Gasteiger partial charge in [-0.2, -0.15) is 0 Å². The van der Waals surface area contributed by atoms with Gasteiger partial charge in [0.2, 0.25) is 0 Å². The van der Waals surface area contributed by atoms with Crippen LogP contribution in [-0.2, 0) is 11.2 Å². The number of guanidine groups is 1. The first-order valence-corrected chi connectivity index (χ1v) is 9.09. The standard InChI is InChI=1S/C19H31N3O2/c1-3-23-15-14-22-19(20-2)21-13-12-16-8-10-18(11-9-16)24-17-6-4-5-7-17/h8-11,17H,3-7,12-15H2,1-2H3,(H2,20,21,22). The summed E-state index contributed by atoms with van der Waals surface area (Å²) in [6.07, 6.45) is 6.37. The van der Waals surface area contributed by atoms with Gasteiger partial charge in [-0.05, 0) is 56.7 Å². The van der Waals surface area contributed by atoms with Crippen LogP contribution in [0.4, 0.5) is 0 Å². The smallest absolute Gasteiger partial charge is 0.191 e. The van der Waals surface area contributed by atoms with Gasteiger partial charge in [-0.25, -0.2) is 0 Å². The summed E-state index contributed by atoms with van der Waals surface area (Å²) in [7, 11) is 1.78. The number of aliphatic imine (C=N–C) groups is 1. The van der Waals surface area contributed by atoms with Crippen LogP contribution in [-0.4, -0.2) is 45.4 Å². The third-order valence-corrected chi connectivity index (χ3v) is 4.20. The molecule has 0 amide bonds. The Bertz CT molecular complexity index is 482. The molecule has 0 atom stereocenters. The summed E-state index contributed by atoms with van der Waals surface area (Å²) in [5, 5.41) is 6.55. The second kappa shape index (κ2) is 10.9. The fourth-order valence-corrected chi connectivity index (χ4v) is 2.87. The molecule has 2 N–H and O–H groups in total. The van der Waals surface area contributed by atoms with Crippen LogP contribution in [0, 0.1) is 0 Å². The van der Waals surface area contributed by atoms with Crippen LogP contribution in [0.15, 0.2) is 29.3 Å². The lowest BCUT2D eigenvalue weighted by Crippen LogP contribution is -2.39. The van der Waals surface area contributed by atoms with Crippen LogP contribution in [0.1, 0.15) is 38.2 Å². The van der Waals surface area contributed by atoms with E-state index in [1.54, 1.807) is 7.05 Å². The molecule has 1 aromatic carbocycles. The average Bonchev–Trinajstić information content (AvgIpc) is 3.11. The second-order valence-corrected chi connectivity index (χ2v) is 6.04. The number of benzene rings is 1. The zero-order valence-electron chi connectivity index (χ0n) is 15.0. The highest BCUT2D eigenvalue weighted by Gasteiger charge is 2.16. The topological polar surface area (TPSA) is 54.9 Å². The molecule has 0 bridgehead atoms. The fourth-order valence-electron chi connectivity index (χ4n) is 2.87. The Morgan fingerprint density at radius 2 is 1.83 bits per heavy atom. The molecule has 0 aliphatic heterocycles. The molecular formula is C19H31N3O2. The van der Waals surface area contributed by atoms with Gasteiger partial charge in [0.05, 0.1) is 12.7 Å². The van der Waals surface area contributed by atoms with E-state index in [-0.39, 0.29) is 0 Å². The summed E-state index contributed by atoms with van der Waals surface area (Å²) in [6.45, 7) is 5.04. The van der Waals surface area contributed by atoms with E-state index >= 15 is 0 Å². The van der Waals surface area contributed by atoms with Crippen molar-refractivity contribution in [3.05, 3.63) is 29.8 Å². The minimum Gasteiger partial charge on any atom is -0.490 e. The molecule has 5 nitrogen and oxygen atoms in total. The van der Waals surface area contributed by atoms with E-state index < -0.39 is 0 Å². The predicted molar refractivity (Wildman–Crippen MR) is 98.9 cm³/mol. The monoisotopic (exact) mass is 333 g/mol. The Balaban J connectivity index is 1.65. The first-order chi connectivity index (χ1) is 11.8. The fraction of sp³-hybridized carbons (Fsp3) is 0.632. The van der Waals surface area contributed by atoms with E-state index in [1.807, 2.05) is 6.92 Å². The molecule has 1 fully saturated rings. The molecule has 0 heterocycles. The van der Waals surface area contributed by atoms with Gasteiger partial charge in [-0.3, -0.25) is 4.99 Å². The highest BCUT2D eigenvalue weighted by Crippen LogP contribution is 2.24. The van der Waals surface area contributed by atoms with Gasteiger partial charge in [0.25, 0.3) is 0 Å². The van der Waals surface area contributed by atoms with Crippen molar-refractivity contribution >= 4 is 5.96 Å². The molecule has 0 saturated heterocycles. The van der Waals surface area contributed by atoms with Crippen molar-refractivity contribution < 1.29 is 9.47 Å². The molecule has 1 aliphatic carbocycles. The van der Waals surface area contributed by atoms with Crippen LogP contribution >= 0.6 is 0 Å². The van der Waals surface area contributed by atoms with Crippen molar-refractivity contribution in [3.8, 4) is 5.75 Å². The maximum atomic E-state index is 6.00. The lowest BCUT2D eigenvalue weighted by atomic mass is 10.1. The van der Waals surface area contributed by atoms with E-state index in [0.717, 1.165) is 37.8 Å². The van der Waals surface area contributed by atoms with Gasteiger partial charge in [-0.15, -0.1) is 0 Å². The van der Waals surface area contributed by atoms with Crippen molar-refractivity contribution in [3.63, 3.8) is 0 Å². The molecule has 24 heavy (non-hydrogen) atoms. The maximum Gasteiger partial charge on any atom is 0.191 e. The van der Waals surface area contributed by atoms with Gasteiger partial charge < -0.3 is 20.1 Å². The van der Waals surface area contributed by atoms with Gasteiger partial charge in [0, 0.05) is 26.7 Å². The van der Waals surface area contributed by atoms with Crippen molar-refractivity contribution in [2.45, 2.75) is 45.1 Å². The van der Waals surface area contributed by atoms with Crippen LogP contribution in [0.25, 0.3) is 0 Å². The molecule has 0 unspecified atom stereocenters. The Morgan fingerprint density at radius 3 is 2.50 bits per heavy atom. The maximum absolute atomic E-state index is 6.00.